The molecule has 0 amide bonds. The summed E-state index contributed by atoms with van der Waals surface area (Å²) in [5, 5.41) is 12.8. The Morgan fingerprint density at radius 2 is 0.818 bits per heavy atom. The van der Waals surface area contributed by atoms with Gasteiger partial charge >= 0.3 is 0 Å². The summed E-state index contributed by atoms with van der Waals surface area (Å²) in [6.07, 6.45) is 0. The highest BCUT2D eigenvalue weighted by molar-refractivity contribution is 7.88. The molecule has 0 atom stereocenters. The number of nitrogens with zero attached hydrogens (tertiary/aromatic N) is 2. The molecule has 0 bridgehead atoms. The van der Waals surface area contributed by atoms with Crippen LogP contribution in [0.25, 0.3) is 0 Å². The number of rotatable bonds is 11. The van der Waals surface area contributed by atoms with Crippen LogP contribution in [0.1, 0.15) is 27.8 Å². The maximum absolute atomic E-state index is 5.53. The first-order chi connectivity index (χ1) is 27.0. The molecular formula is C49H46N4P2. The SMILES string of the molecule is Cc1cccc(C)c1N=C(Nc1ccccc1CN=C(Nc1c(C)cccc1C)P(c1ccccc1)c1ccccc1)P(c1ccccc1)c1ccccc1. The van der Waals surface area contributed by atoms with Crippen LogP contribution in [-0.4, -0.2) is 11.2 Å². The molecule has 0 saturated carbocycles. The van der Waals surface area contributed by atoms with Crippen LogP contribution in [0.4, 0.5) is 17.1 Å². The fourth-order valence-corrected chi connectivity index (χ4v) is 11.0. The lowest BCUT2D eigenvalue weighted by molar-refractivity contribution is 1.07. The van der Waals surface area contributed by atoms with Crippen molar-refractivity contribution < 1.29 is 0 Å². The molecular weight excluding hydrogens is 707 g/mol. The van der Waals surface area contributed by atoms with Gasteiger partial charge in [0.15, 0.2) is 0 Å². The molecule has 0 aliphatic heterocycles. The van der Waals surface area contributed by atoms with Crippen LogP contribution in [0.3, 0.4) is 0 Å². The first-order valence-electron chi connectivity index (χ1n) is 18.6. The summed E-state index contributed by atoms with van der Waals surface area (Å²) in [5.41, 5.74) is 10.7. The zero-order chi connectivity index (χ0) is 38.0. The summed E-state index contributed by atoms with van der Waals surface area (Å²) < 4.78 is 0. The van der Waals surface area contributed by atoms with Gasteiger partial charge in [-0.1, -0.05) is 176 Å². The monoisotopic (exact) mass is 752 g/mol. The number of amidine groups is 2. The van der Waals surface area contributed by atoms with Gasteiger partial charge in [-0.3, -0.25) is 4.99 Å². The van der Waals surface area contributed by atoms with E-state index in [1.165, 1.54) is 32.3 Å². The van der Waals surface area contributed by atoms with Crippen LogP contribution in [0.15, 0.2) is 192 Å². The summed E-state index contributed by atoms with van der Waals surface area (Å²) >= 11 is 0. The molecule has 0 unspecified atom stereocenters. The average Bonchev–Trinajstić information content (AvgIpc) is 3.22. The molecule has 6 heteroatoms. The third-order valence-corrected chi connectivity index (χ3v) is 14.1. The summed E-state index contributed by atoms with van der Waals surface area (Å²) in [6.45, 7) is 9.08. The molecule has 272 valence electrons. The number of para-hydroxylation sites is 3. The second-order valence-corrected chi connectivity index (χ2v) is 17.8. The van der Waals surface area contributed by atoms with E-state index < -0.39 is 15.8 Å². The van der Waals surface area contributed by atoms with E-state index in [1.807, 2.05) is 0 Å². The zero-order valence-electron chi connectivity index (χ0n) is 31.8. The number of hydrogen-bond acceptors (Lipinski definition) is 2. The van der Waals surface area contributed by atoms with Crippen molar-refractivity contribution in [2.75, 3.05) is 10.6 Å². The molecule has 4 nitrogen and oxygen atoms in total. The molecule has 0 saturated heterocycles. The largest absolute Gasteiger partial charge is 0.339 e. The molecule has 0 heterocycles. The Morgan fingerprint density at radius 3 is 1.29 bits per heavy atom. The lowest BCUT2D eigenvalue weighted by Crippen LogP contribution is -2.25. The smallest absolute Gasteiger partial charge is 0.138 e. The number of anilines is 2. The van der Waals surface area contributed by atoms with E-state index in [2.05, 4.69) is 220 Å². The molecule has 0 spiro atoms. The van der Waals surface area contributed by atoms with E-state index in [4.69, 9.17) is 9.98 Å². The minimum absolute atomic E-state index is 0.472. The van der Waals surface area contributed by atoms with Crippen molar-refractivity contribution in [2.45, 2.75) is 34.2 Å². The van der Waals surface area contributed by atoms with Crippen molar-refractivity contribution in [2.24, 2.45) is 9.98 Å². The van der Waals surface area contributed by atoms with Crippen molar-refractivity contribution in [3.05, 3.63) is 210 Å². The van der Waals surface area contributed by atoms with Crippen molar-refractivity contribution in [3.63, 3.8) is 0 Å². The number of aryl methyl sites for hydroxylation is 4. The molecule has 7 rings (SSSR count). The van der Waals surface area contributed by atoms with Crippen LogP contribution in [0.5, 0.6) is 0 Å². The van der Waals surface area contributed by atoms with Crippen LogP contribution >= 0.6 is 15.8 Å². The summed E-state index contributed by atoms with van der Waals surface area (Å²) in [5.74, 6) is 0. The highest BCUT2D eigenvalue weighted by atomic mass is 31.1. The van der Waals surface area contributed by atoms with Gasteiger partial charge in [-0.25, -0.2) is 4.99 Å². The highest BCUT2D eigenvalue weighted by Gasteiger charge is 2.24. The van der Waals surface area contributed by atoms with Gasteiger partial charge in [0, 0.05) is 27.2 Å². The maximum Gasteiger partial charge on any atom is 0.138 e. The second kappa shape index (κ2) is 18.1. The van der Waals surface area contributed by atoms with Gasteiger partial charge in [0.2, 0.25) is 0 Å². The van der Waals surface area contributed by atoms with Crippen LogP contribution < -0.4 is 31.9 Å². The first-order valence-corrected chi connectivity index (χ1v) is 21.3. The molecule has 55 heavy (non-hydrogen) atoms. The molecule has 0 aliphatic carbocycles. The summed E-state index contributed by atoms with van der Waals surface area (Å²) in [7, 11) is -2.04. The van der Waals surface area contributed by atoms with Gasteiger partial charge in [0.25, 0.3) is 0 Å². The molecule has 0 aromatic heterocycles. The van der Waals surface area contributed by atoms with Crippen molar-refractivity contribution in [1.29, 1.82) is 0 Å². The third kappa shape index (κ3) is 9.18. The molecule has 7 aromatic carbocycles. The normalized spacial score (nSPS) is 11.9. The topological polar surface area (TPSA) is 48.8 Å². The fraction of sp³-hybridized carbons (Fsp3) is 0.102. The van der Waals surface area contributed by atoms with Crippen LogP contribution in [0.2, 0.25) is 0 Å². The van der Waals surface area contributed by atoms with E-state index in [-0.39, 0.29) is 0 Å². The van der Waals surface area contributed by atoms with Gasteiger partial charge < -0.3 is 10.6 Å². The summed E-state index contributed by atoms with van der Waals surface area (Å²) in [4.78, 5) is 11.0. The van der Waals surface area contributed by atoms with Crippen molar-refractivity contribution in [3.8, 4) is 0 Å². The second-order valence-electron chi connectivity index (χ2n) is 13.5. The number of aliphatic imine (C=N–C) groups is 2. The zero-order valence-corrected chi connectivity index (χ0v) is 33.6. The molecule has 0 fully saturated rings. The third-order valence-electron chi connectivity index (χ3n) is 9.52. The highest BCUT2D eigenvalue weighted by Crippen LogP contribution is 2.40. The Bertz CT molecular complexity index is 2280. The Morgan fingerprint density at radius 1 is 0.418 bits per heavy atom. The molecule has 2 N–H and O–H groups in total. The quantitative estimate of drug-likeness (QED) is 0.0785. The first kappa shape index (κ1) is 37.6. The minimum atomic E-state index is -1.04. The van der Waals surface area contributed by atoms with E-state index >= 15 is 0 Å². The average molecular weight is 753 g/mol. The predicted octanol–water partition coefficient (Wildman–Crippen LogP) is 11.3. The lowest BCUT2D eigenvalue weighted by atomic mass is 10.1. The lowest BCUT2D eigenvalue weighted by Gasteiger charge is -2.25. The Labute approximate surface area is 328 Å². The van der Waals surface area contributed by atoms with Crippen molar-refractivity contribution >= 4 is 65.3 Å². The van der Waals surface area contributed by atoms with E-state index in [0.29, 0.717) is 6.54 Å². The number of nitrogens with one attached hydrogen (secondary N) is 2. The maximum atomic E-state index is 5.53. The minimum Gasteiger partial charge on any atom is -0.339 e. The van der Waals surface area contributed by atoms with Crippen LogP contribution in [-0.2, 0) is 6.54 Å². The van der Waals surface area contributed by atoms with Gasteiger partial charge in [-0.05, 0) is 82.8 Å². The molecule has 0 radical (unpaired) electrons. The number of hydrogen-bond donors (Lipinski definition) is 2. The van der Waals surface area contributed by atoms with E-state index in [9.17, 15) is 0 Å². The Hall–Kier alpha value is -5.66. The summed E-state index contributed by atoms with van der Waals surface area (Å²) in [6, 6.07) is 64.4. The van der Waals surface area contributed by atoms with Gasteiger partial charge in [0.1, 0.15) is 11.2 Å². The molecule has 7 aromatic rings. The molecule has 0 aliphatic rings. The fourth-order valence-electron chi connectivity index (χ4n) is 6.67. The Kier molecular flexibility index (Phi) is 12.4. The van der Waals surface area contributed by atoms with E-state index in [0.717, 1.165) is 44.9 Å². The van der Waals surface area contributed by atoms with E-state index in [1.54, 1.807) is 0 Å². The van der Waals surface area contributed by atoms with Gasteiger partial charge in [-0.15, -0.1) is 0 Å². The predicted molar refractivity (Wildman–Crippen MR) is 242 cm³/mol. The Balaban J connectivity index is 1.35. The van der Waals surface area contributed by atoms with Crippen LogP contribution in [0, 0.1) is 27.7 Å². The standard InChI is InChI=1S/C49H46N4P2/c1-36-21-19-22-37(2)46(36)52-48(54(41-26-9-5-10-27-41)42-28-11-6-12-29-42)50-35-40-25-17-18-34-45(40)51-49(53-47-38(3)23-20-24-39(47)4)55(43-30-13-7-14-31-43)44-32-15-8-16-33-44/h5-34H,35H2,1-4H3,(H,50,52)(H,51,53). The number of benzene rings is 7. The van der Waals surface area contributed by atoms with Gasteiger partial charge in [0.05, 0.1) is 12.2 Å². The van der Waals surface area contributed by atoms with Crippen molar-refractivity contribution in [1.82, 2.24) is 0 Å². The van der Waals surface area contributed by atoms with Gasteiger partial charge in [-0.2, -0.15) is 0 Å².